The zero-order chi connectivity index (χ0) is 15.7. The lowest BCUT2D eigenvalue weighted by atomic mass is 9.87. The van der Waals surface area contributed by atoms with Gasteiger partial charge in [-0.05, 0) is 23.6 Å². The highest BCUT2D eigenvalue weighted by atomic mass is 32.2. The number of rotatable bonds is 3. The lowest BCUT2D eigenvalue weighted by Gasteiger charge is -2.25. The summed E-state index contributed by atoms with van der Waals surface area (Å²) in [4.78, 5) is 11.8. The molecule has 1 rings (SSSR count). The molecule has 1 aromatic carbocycles. The van der Waals surface area contributed by atoms with Gasteiger partial charge in [0.05, 0.1) is 16.6 Å². The van der Waals surface area contributed by atoms with E-state index >= 15 is 0 Å². The van der Waals surface area contributed by atoms with Crippen molar-refractivity contribution in [1.82, 2.24) is 0 Å². The molecule has 0 bridgehead atoms. The Morgan fingerprint density at radius 2 is 1.90 bits per heavy atom. The number of amides is 1. The number of anilines is 1. The first kappa shape index (κ1) is 16.6. The number of halogens is 1. The zero-order valence-electron chi connectivity index (χ0n) is 11.9. The van der Waals surface area contributed by atoms with E-state index in [-0.39, 0.29) is 10.6 Å². The number of benzene rings is 1. The highest BCUT2D eigenvalue weighted by molar-refractivity contribution is 7.90. The summed E-state index contributed by atoms with van der Waals surface area (Å²) in [5, 5.41) is 2.33. The van der Waals surface area contributed by atoms with E-state index in [4.69, 9.17) is 5.73 Å². The average molecular weight is 302 g/mol. The van der Waals surface area contributed by atoms with Crippen LogP contribution in [0.15, 0.2) is 23.1 Å². The third-order valence-electron chi connectivity index (χ3n) is 2.84. The summed E-state index contributed by atoms with van der Waals surface area (Å²) >= 11 is 0. The van der Waals surface area contributed by atoms with Gasteiger partial charge in [-0.15, -0.1) is 0 Å². The second kappa shape index (κ2) is 5.49. The van der Waals surface area contributed by atoms with E-state index in [9.17, 15) is 17.6 Å². The monoisotopic (exact) mass is 302 g/mol. The van der Waals surface area contributed by atoms with E-state index in [1.807, 2.05) is 0 Å². The minimum atomic E-state index is -3.48. The minimum absolute atomic E-state index is 0.0708. The van der Waals surface area contributed by atoms with Crippen LogP contribution < -0.4 is 11.1 Å². The molecule has 7 heteroatoms. The predicted molar refractivity (Wildman–Crippen MR) is 75.6 cm³/mol. The van der Waals surface area contributed by atoms with Gasteiger partial charge in [0.15, 0.2) is 9.84 Å². The van der Waals surface area contributed by atoms with E-state index in [0.29, 0.717) is 0 Å². The van der Waals surface area contributed by atoms with Gasteiger partial charge in [0.1, 0.15) is 5.82 Å². The summed E-state index contributed by atoms with van der Waals surface area (Å²) in [6.45, 7) is 5.33. The van der Waals surface area contributed by atoms with Gasteiger partial charge in [0.2, 0.25) is 5.91 Å². The third-order valence-corrected chi connectivity index (χ3v) is 3.95. The van der Waals surface area contributed by atoms with Gasteiger partial charge in [-0.25, -0.2) is 12.8 Å². The Morgan fingerprint density at radius 3 is 2.35 bits per heavy atom. The second-order valence-electron chi connectivity index (χ2n) is 5.75. The Hall–Kier alpha value is -1.47. The average Bonchev–Trinajstić information content (AvgIpc) is 2.28. The lowest BCUT2D eigenvalue weighted by molar-refractivity contribution is -0.119. The molecule has 0 heterocycles. The zero-order valence-corrected chi connectivity index (χ0v) is 12.7. The topological polar surface area (TPSA) is 89.3 Å². The van der Waals surface area contributed by atoms with Gasteiger partial charge in [-0.1, -0.05) is 20.8 Å². The van der Waals surface area contributed by atoms with Crippen LogP contribution in [0.5, 0.6) is 0 Å². The molecule has 0 aliphatic carbocycles. The molecule has 1 atom stereocenters. The van der Waals surface area contributed by atoms with Crippen LogP contribution in [-0.2, 0) is 14.6 Å². The van der Waals surface area contributed by atoms with Crippen molar-refractivity contribution in [2.24, 2.45) is 11.1 Å². The first-order chi connectivity index (χ1) is 8.93. The molecule has 3 N–H and O–H groups in total. The number of nitrogens with two attached hydrogens (primary N) is 1. The van der Waals surface area contributed by atoms with E-state index in [1.165, 1.54) is 0 Å². The Balaban J connectivity index is 3.07. The molecule has 0 radical (unpaired) electrons. The first-order valence-corrected chi connectivity index (χ1v) is 7.88. The number of nitrogens with one attached hydrogen (secondary N) is 1. The van der Waals surface area contributed by atoms with Crippen LogP contribution in [0.4, 0.5) is 10.1 Å². The van der Waals surface area contributed by atoms with E-state index < -0.39 is 33.0 Å². The van der Waals surface area contributed by atoms with Crippen LogP contribution in [0.3, 0.4) is 0 Å². The Bertz CT molecular complexity index is 621. The Labute approximate surface area is 118 Å². The summed E-state index contributed by atoms with van der Waals surface area (Å²) in [7, 11) is -3.48. The molecule has 1 aromatic rings. The van der Waals surface area contributed by atoms with Gasteiger partial charge in [0, 0.05) is 6.26 Å². The van der Waals surface area contributed by atoms with Gasteiger partial charge in [-0.2, -0.15) is 0 Å². The fourth-order valence-corrected chi connectivity index (χ4v) is 2.08. The Morgan fingerprint density at radius 1 is 1.35 bits per heavy atom. The summed E-state index contributed by atoms with van der Waals surface area (Å²) in [6.07, 6.45) is 1.01. The number of hydrogen-bond acceptors (Lipinski definition) is 4. The molecule has 1 amide bonds. The van der Waals surface area contributed by atoms with Crippen LogP contribution in [0.25, 0.3) is 0 Å². The predicted octanol–water partition coefficient (Wildman–Crippen LogP) is 1.54. The fourth-order valence-electron chi connectivity index (χ4n) is 1.43. The van der Waals surface area contributed by atoms with Crippen LogP contribution in [0.2, 0.25) is 0 Å². The molecule has 0 spiro atoms. The number of sulfone groups is 1. The maximum absolute atomic E-state index is 13.6. The molecule has 112 valence electrons. The fraction of sp³-hybridized carbons (Fsp3) is 0.462. The molecule has 0 saturated heterocycles. The lowest BCUT2D eigenvalue weighted by Crippen LogP contribution is -2.45. The maximum atomic E-state index is 13.6. The van der Waals surface area contributed by atoms with E-state index in [1.54, 1.807) is 20.8 Å². The van der Waals surface area contributed by atoms with Crippen molar-refractivity contribution in [1.29, 1.82) is 0 Å². The van der Waals surface area contributed by atoms with Crippen molar-refractivity contribution in [3.05, 3.63) is 24.0 Å². The minimum Gasteiger partial charge on any atom is -0.322 e. The van der Waals surface area contributed by atoms with Crippen molar-refractivity contribution < 1.29 is 17.6 Å². The Kier molecular flexibility index (Phi) is 4.55. The summed E-state index contributed by atoms with van der Waals surface area (Å²) < 4.78 is 36.5. The van der Waals surface area contributed by atoms with Crippen LogP contribution in [0, 0.1) is 11.2 Å². The SMILES string of the molecule is CC(C)(C)[C@@H](N)C(=O)Nc1cc(S(C)(=O)=O)ccc1F. The molecule has 5 nitrogen and oxygen atoms in total. The molecule has 0 unspecified atom stereocenters. The van der Waals surface area contributed by atoms with Crippen LogP contribution in [-0.4, -0.2) is 26.6 Å². The van der Waals surface area contributed by atoms with Gasteiger partial charge in [-0.3, -0.25) is 4.79 Å². The summed E-state index contributed by atoms with van der Waals surface area (Å²) in [5.74, 6) is -1.28. The number of hydrogen-bond donors (Lipinski definition) is 2. The highest BCUT2D eigenvalue weighted by Gasteiger charge is 2.28. The number of carbonyl (C=O) groups excluding carboxylic acids is 1. The van der Waals surface area contributed by atoms with Gasteiger partial charge >= 0.3 is 0 Å². The molecule has 20 heavy (non-hydrogen) atoms. The standard InChI is InChI=1S/C13H19FN2O3S/c1-13(2,3)11(15)12(17)16-10-7-8(20(4,18)19)5-6-9(10)14/h5-7,11H,15H2,1-4H3,(H,16,17)/t11-/m0/s1. The molecule has 0 aliphatic rings. The van der Waals surface area contributed by atoms with Crippen LogP contribution >= 0.6 is 0 Å². The summed E-state index contributed by atoms with van der Waals surface area (Å²) in [6, 6.07) is 2.38. The smallest absolute Gasteiger partial charge is 0.241 e. The van der Waals surface area contributed by atoms with Crippen molar-refractivity contribution >= 4 is 21.4 Å². The summed E-state index contributed by atoms with van der Waals surface area (Å²) in [5.41, 5.74) is 5.08. The molecule has 0 fully saturated rings. The van der Waals surface area contributed by atoms with Crippen molar-refractivity contribution in [3.63, 3.8) is 0 Å². The number of carbonyl (C=O) groups is 1. The molecule has 0 aliphatic heterocycles. The quantitative estimate of drug-likeness (QED) is 0.829. The molecular formula is C13H19FN2O3S. The molecule has 0 aromatic heterocycles. The van der Waals surface area contributed by atoms with Crippen molar-refractivity contribution in [2.75, 3.05) is 11.6 Å². The van der Waals surface area contributed by atoms with E-state index in [0.717, 1.165) is 24.5 Å². The maximum Gasteiger partial charge on any atom is 0.241 e. The van der Waals surface area contributed by atoms with E-state index in [2.05, 4.69) is 5.32 Å². The van der Waals surface area contributed by atoms with Crippen molar-refractivity contribution in [2.45, 2.75) is 31.7 Å². The molecule has 0 saturated carbocycles. The highest BCUT2D eigenvalue weighted by Crippen LogP contribution is 2.22. The third kappa shape index (κ3) is 4.01. The van der Waals surface area contributed by atoms with Gasteiger partial charge in [0.25, 0.3) is 0 Å². The van der Waals surface area contributed by atoms with Gasteiger partial charge < -0.3 is 11.1 Å². The molecular weight excluding hydrogens is 283 g/mol. The van der Waals surface area contributed by atoms with Crippen molar-refractivity contribution in [3.8, 4) is 0 Å². The largest absolute Gasteiger partial charge is 0.322 e. The normalized spacial score (nSPS) is 13.9. The van der Waals surface area contributed by atoms with Crippen LogP contribution in [0.1, 0.15) is 20.8 Å². The first-order valence-electron chi connectivity index (χ1n) is 5.99. The second-order valence-corrected chi connectivity index (χ2v) is 7.76.